The van der Waals surface area contributed by atoms with Gasteiger partial charge >= 0.3 is 0 Å². The number of hydrogen-bond donors (Lipinski definition) is 2. The lowest BCUT2D eigenvalue weighted by atomic mass is 9.91. The molecule has 2 rings (SSSR count). The number of nitrogens with zero attached hydrogens (tertiary/aromatic N) is 1. The third-order valence-corrected chi connectivity index (χ3v) is 2.86. The van der Waals surface area contributed by atoms with Gasteiger partial charge in [0.1, 0.15) is 0 Å². The van der Waals surface area contributed by atoms with Crippen molar-refractivity contribution in [1.29, 1.82) is 0 Å². The Balaban J connectivity index is 2.10. The number of nitrogen functional groups attached to an aromatic ring is 1. The van der Waals surface area contributed by atoms with Crippen molar-refractivity contribution >= 4 is 5.69 Å². The summed E-state index contributed by atoms with van der Waals surface area (Å²) in [6.07, 6.45) is 2.42. The summed E-state index contributed by atoms with van der Waals surface area (Å²) in [5.74, 6) is 6.38. The molecule has 1 aromatic carbocycles. The van der Waals surface area contributed by atoms with Gasteiger partial charge in [0.25, 0.3) is 0 Å². The van der Waals surface area contributed by atoms with Gasteiger partial charge in [-0.05, 0) is 36.5 Å². The maximum absolute atomic E-state index is 5.80. The monoisotopic (exact) mass is 191 g/mol. The van der Waals surface area contributed by atoms with Crippen molar-refractivity contribution in [3.63, 3.8) is 0 Å². The van der Waals surface area contributed by atoms with E-state index in [1.165, 1.54) is 18.4 Å². The Labute approximate surface area is 84.7 Å². The first-order chi connectivity index (χ1) is 6.75. The van der Waals surface area contributed by atoms with Gasteiger partial charge in [-0.15, -0.1) is 0 Å². The zero-order valence-corrected chi connectivity index (χ0v) is 8.32. The molecule has 0 radical (unpaired) electrons. The fourth-order valence-corrected chi connectivity index (χ4v) is 2.05. The lowest BCUT2D eigenvalue weighted by Gasteiger charge is -2.29. The fraction of sp³-hybridized carbons (Fsp3) is 0.455. The summed E-state index contributed by atoms with van der Waals surface area (Å²) in [6.45, 7) is 1.98. The van der Waals surface area contributed by atoms with Crippen LogP contribution >= 0.6 is 0 Å². The molecular weight excluding hydrogens is 174 g/mol. The second kappa shape index (κ2) is 3.98. The van der Waals surface area contributed by atoms with Crippen LogP contribution in [0, 0.1) is 0 Å². The predicted octanol–water partition coefficient (Wildman–Crippen LogP) is 1.32. The zero-order valence-electron chi connectivity index (χ0n) is 8.32. The molecule has 0 saturated carbocycles. The number of hydrogen-bond acceptors (Lipinski definition) is 3. The molecule has 1 fully saturated rings. The highest BCUT2D eigenvalue weighted by Crippen LogP contribution is 2.25. The number of rotatable bonds is 1. The standard InChI is InChI=1S/C11H17N3/c12-11-5-3-9(4-6-11)10-2-1-7-14(13)8-10/h3-6,10H,1-2,7-8,12-13H2/t10-/m1/s1. The van der Waals surface area contributed by atoms with Crippen LogP contribution in [0.3, 0.4) is 0 Å². The molecule has 0 unspecified atom stereocenters. The molecule has 0 bridgehead atoms. The number of benzene rings is 1. The Hall–Kier alpha value is -1.06. The lowest BCUT2D eigenvalue weighted by Crippen LogP contribution is -2.39. The SMILES string of the molecule is Nc1ccc([C@@H]2CCCN(N)C2)cc1. The Morgan fingerprint density at radius 2 is 1.93 bits per heavy atom. The molecule has 4 N–H and O–H groups in total. The highest BCUT2D eigenvalue weighted by molar-refractivity contribution is 5.40. The molecule has 1 atom stereocenters. The quantitative estimate of drug-likeness (QED) is 0.520. The van der Waals surface area contributed by atoms with E-state index in [-0.39, 0.29) is 0 Å². The summed E-state index contributed by atoms with van der Waals surface area (Å²) in [5, 5.41) is 1.91. The second-order valence-corrected chi connectivity index (χ2v) is 4.00. The van der Waals surface area contributed by atoms with E-state index >= 15 is 0 Å². The van der Waals surface area contributed by atoms with Gasteiger partial charge in [0.05, 0.1) is 0 Å². The van der Waals surface area contributed by atoms with Crippen LogP contribution in [0.5, 0.6) is 0 Å². The van der Waals surface area contributed by atoms with E-state index in [4.69, 9.17) is 11.6 Å². The van der Waals surface area contributed by atoms with Crippen LogP contribution in [0.4, 0.5) is 5.69 Å². The van der Waals surface area contributed by atoms with Gasteiger partial charge in [0, 0.05) is 18.8 Å². The summed E-state index contributed by atoms with van der Waals surface area (Å²) < 4.78 is 0. The van der Waals surface area contributed by atoms with Crippen molar-refractivity contribution < 1.29 is 0 Å². The molecule has 0 amide bonds. The molecule has 1 aliphatic heterocycles. The lowest BCUT2D eigenvalue weighted by molar-refractivity contribution is 0.213. The van der Waals surface area contributed by atoms with Crippen LogP contribution in [0.25, 0.3) is 0 Å². The number of nitrogens with two attached hydrogens (primary N) is 2. The molecule has 3 heteroatoms. The average molecular weight is 191 g/mol. The van der Waals surface area contributed by atoms with E-state index in [0.717, 1.165) is 18.8 Å². The summed E-state index contributed by atoms with van der Waals surface area (Å²) in [4.78, 5) is 0. The van der Waals surface area contributed by atoms with Gasteiger partial charge < -0.3 is 5.73 Å². The van der Waals surface area contributed by atoms with E-state index in [1.807, 2.05) is 17.1 Å². The minimum Gasteiger partial charge on any atom is -0.399 e. The van der Waals surface area contributed by atoms with E-state index in [2.05, 4.69) is 12.1 Å². The number of anilines is 1. The largest absolute Gasteiger partial charge is 0.399 e. The van der Waals surface area contributed by atoms with Crippen molar-refractivity contribution in [2.24, 2.45) is 5.84 Å². The third kappa shape index (κ3) is 2.05. The first-order valence-corrected chi connectivity index (χ1v) is 5.11. The molecular formula is C11H17N3. The third-order valence-electron chi connectivity index (χ3n) is 2.86. The van der Waals surface area contributed by atoms with Crippen molar-refractivity contribution in [1.82, 2.24) is 5.01 Å². The second-order valence-electron chi connectivity index (χ2n) is 4.00. The van der Waals surface area contributed by atoms with Crippen LogP contribution in [-0.4, -0.2) is 18.1 Å². The van der Waals surface area contributed by atoms with Crippen molar-refractivity contribution in [3.8, 4) is 0 Å². The predicted molar refractivity (Wildman–Crippen MR) is 58.6 cm³/mol. The maximum Gasteiger partial charge on any atom is 0.0314 e. The minimum absolute atomic E-state index is 0.578. The van der Waals surface area contributed by atoms with Gasteiger partial charge in [-0.1, -0.05) is 12.1 Å². The van der Waals surface area contributed by atoms with E-state index < -0.39 is 0 Å². The maximum atomic E-state index is 5.80. The van der Waals surface area contributed by atoms with Gasteiger partial charge in [-0.3, -0.25) is 5.84 Å². The molecule has 76 valence electrons. The summed E-state index contributed by atoms with van der Waals surface area (Å²) in [5.41, 5.74) is 7.83. The molecule has 14 heavy (non-hydrogen) atoms. The van der Waals surface area contributed by atoms with Crippen molar-refractivity contribution in [3.05, 3.63) is 29.8 Å². The van der Waals surface area contributed by atoms with Crippen LogP contribution in [0.2, 0.25) is 0 Å². The van der Waals surface area contributed by atoms with Crippen LogP contribution in [0.15, 0.2) is 24.3 Å². The van der Waals surface area contributed by atoms with Gasteiger partial charge in [0.15, 0.2) is 0 Å². The van der Waals surface area contributed by atoms with E-state index in [1.54, 1.807) is 0 Å². The molecule has 1 saturated heterocycles. The zero-order chi connectivity index (χ0) is 9.97. The van der Waals surface area contributed by atoms with Gasteiger partial charge in [0.2, 0.25) is 0 Å². The first kappa shape index (κ1) is 9.49. The number of piperidine rings is 1. The Morgan fingerprint density at radius 1 is 1.21 bits per heavy atom. The van der Waals surface area contributed by atoms with Crippen molar-refractivity contribution in [2.75, 3.05) is 18.8 Å². The molecule has 0 aromatic heterocycles. The molecule has 1 heterocycles. The highest BCUT2D eigenvalue weighted by atomic mass is 15.4. The summed E-state index contributed by atoms with van der Waals surface area (Å²) in [6, 6.07) is 8.15. The fourth-order valence-electron chi connectivity index (χ4n) is 2.05. The van der Waals surface area contributed by atoms with Crippen LogP contribution < -0.4 is 11.6 Å². The molecule has 0 aliphatic carbocycles. The topological polar surface area (TPSA) is 55.3 Å². The van der Waals surface area contributed by atoms with Gasteiger partial charge in [-0.25, -0.2) is 5.01 Å². The van der Waals surface area contributed by atoms with Crippen LogP contribution in [-0.2, 0) is 0 Å². The van der Waals surface area contributed by atoms with E-state index in [9.17, 15) is 0 Å². The first-order valence-electron chi connectivity index (χ1n) is 5.11. The Bertz CT molecular complexity index is 294. The Morgan fingerprint density at radius 3 is 2.57 bits per heavy atom. The summed E-state index contributed by atoms with van der Waals surface area (Å²) in [7, 11) is 0. The summed E-state index contributed by atoms with van der Waals surface area (Å²) >= 11 is 0. The number of hydrazine groups is 1. The average Bonchev–Trinajstić information content (AvgIpc) is 2.19. The molecule has 3 nitrogen and oxygen atoms in total. The molecule has 1 aromatic rings. The van der Waals surface area contributed by atoms with Gasteiger partial charge in [-0.2, -0.15) is 0 Å². The normalized spacial score (nSPS) is 23.6. The molecule has 0 spiro atoms. The molecule has 1 aliphatic rings. The Kier molecular flexibility index (Phi) is 2.70. The van der Waals surface area contributed by atoms with E-state index in [0.29, 0.717) is 5.92 Å². The van der Waals surface area contributed by atoms with Crippen LogP contribution in [0.1, 0.15) is 24.3 Å². The smallest absolute Gasteiger partial charge is 0.0314 e. The van der Waals surface area contributed by atoms with Crippen molar-refractivity contribution in [2.45, 2.75) is 18.8 Å². The highest BCUT2D eigenvalue weighted by Gasteiger charge is 2.18. The minimum atomic E-state index is 0.578.